The van der Waals surface area contributed by atoms with Gasteiger partial charge < -0.3 is 9.73 Å². The number of furan rings is 1. The minimum absolute atomic E-state index is 0.0210. The zero-order chi connectivity index (χ0) is 22.8. The first-order valence-electron chi connectivity index (χ1n) is 8.43. The van der Waals surface area contributed by atoms with Gasteiger partial charge in [-0.3, -0.25) is 4.79 Å². The van der Waals surface area contributed by atoms with E-state index in [-0.39, 0.29) is 33.4 Å². The Morgan fingerprint density at radius 2 is 1.71 bits per heavy atom. The molecule has 0 radical (unpaired) electrons. The van der Waals surface area contributed by atoms with Crippen LogP contribution in [0.15, 0.2) is 58.5 Å². The number of nitrogens with zero attached hydrogens (tertiary/aromatic N) is 1. The van der Waals surface area contributed by atoms with Crippen LogP contribution in [-0.4, -0.2) is 5.91 Å². The number of benzene rings is 2. The maximum Gasteiger partial charge on any atom is 0.416 e. The molecule has 0 aliphatic heterocycles. The Morgan fingerprint density at radius 1 is 1.03 bits per heavy atom. The van der Waals surface area contributed by atoms with E-state index in [9.17, 15) is 23.2 Å². The van der Waals surface area contributed by atoms with Gasteiger partial charge in [0.2, 0.25) is 0 Å². The minimum Gasteiger partial charge on any atom is -0.457 e. The molecule has 1 N–H and O–H groups in total. The number of rotatable bonds is 4. The van der Waals surface area contributed by atoms with Crippen LogP contribution in [0.5, 0.6) is 0 Å². The summed E-state index contributed by atoms with van der Waals surface area (Å²) in [5, 5.41) is 12.4. The number of hydrogen-bond donors (Lipinski definition) is 1. The van der Waals surface area contributed by atoms with E-state index in [4.69, 9.17) is 39.2 Å². The smallest absolute Gasteiger partial charge is 0.416 e. The predicted octanol–water partition coefficient (Wildman–Crippen LogP) is 7.47. The fourth-order valence-corrected chi connectivity index (χ4v) is 3.32. The molecule has 158 valence electrons. The normalized spacial score (nSPS) is 11.8. The Hall–Kier alpha value is -2.92. The first-order valence-corrected chi connectivity index (χ1v) is 9.56. The lowest BCUT2D eigenvalue weighted by Crippen LogP contribution is -2.13. The van der Waals surface area contributed by atoms with Crippen molar-refractivity contribution in [1.29, 1.82) is 5.26 Å². The van der Waals surface area contributed by atoms with Crippen molar-refractivity contribution in [3.05, 3.63) is 80.5 Å². The van der Waals surface area contributed by atoms with Gasteiger partial charge in [-0.1, -0.05) is 34.8 Å². The van der Waals surface area contributed by atoms with E-state index in [2.05, 4.69) is 5.32 Å². The van der Waals surface area contributed by atoms with Crippen molar-refractivity contribution in [2.75, 3.05) is 5.32 Å². The summed E-state index contributed by atoms with van der Waals surface area (Å²) in [6.07, 6.45) is -3.41. The van der Waals surface area contributed by atoms with E-state index >= 15 is 0 Å². The van der Waals surface area contributed by atoms with Gasteiger partial charge in [0, 0.05) is 27.4 Å². The Bertz CT molecular complexity index is 1210. The second-order valence-electron chi connectivity index (χ2n) is 6.18. The monoisotopic (exact) mass is 484 g/mol. The molecule has 0 saturated carbocycles. The second kappa shape index (κ2) is 9.06. The third-order valence-electron chi connectivity index (χ3n) is 3.96. The average molecular weight is 486 g/mol. The number of carbonyl (C=O) groups excluding carboxylic acids is 1. The molecule has 1 amide bonds. The fraction of sp³-hybridized carbons (Fsp3) is 0.0476. The lowest BCUT2D eigenvalue weighted by atomic mass is 10.1. The molecule has 4 nitrogen and oxygen atoms in total. The van der Waals surface area contributed by atoms with Crippen molar-refractivity contribution in [2.45, 2.75) is 6.18 Å². The topological polar surface area (TPSA) is 66.0 Å². The van der Waals surface area contributed by atoms with E-state index in [1.54, 1.807) is 6.07 Å². The molecule has 0 fully saturated rings. The Labute approximate surface area is 189 Å². The molecule has 3 aromatic rings. The Balaban J connectivity index is 1.87. The number of hydrogen-bond acceptors (Lipinski definition) is 3. The molecule has 1 heterocycles. The lowest BCUT2D eigenvalue weighted by molar-refractivity contribution is -0.137. The molecule has 0 bridgehead atoms. The summed E-state index contributed by atoms with van der Waals surface area (Å²) in [5.74, 6) is -0.642. The Kier molecular flexibility index (Phi) is 6.65. The number of anilines is 1. The van der Waals surface area contributed by atoms with E-state index in [1.165, 1.54) is 30.3 Å². The van der Waals surface area contributed by atoms with Crippen molar-refractivity contribution in [3.63, 3.8) is 0 Å². The van der Waals surface area contributed by atoms with Gasteiger partial charge in [0.1, 0.15) is 23.2 Å². The third-order valence-corrected chi connectivity index (χ3v) is 4.72. The number of halogens is 6. The largest absolute Gasteiger partial charge is 0.457 e. The van der Waals surface area contributed by atoms with Crippen LogP contribution in [0.2, 0.25) is 15.1 Å². The van der Waals surface area contributed by atoms with E-state index in [0.29, 0.717) is 10.0 Å². The maximum atomic E-state index is 13.0. The molecule has 31 heavy (non-hydrogen) atoms. The van der Waals surface area contributed by atoms with E-state index < -0.39 is 17.6 Å². The van der Waals surface area contributed by atoms with Crippen LogP contribution in [-0.2, 0) is 11.0 Å². The summed E-state index contributed by atoms with van der Waals surface area (Å²) in [7, 11) is 0. The molecule has 2 aromatic carbocycles. The van der Waals surface area contributed by atoms with Gasteiger partial charge >= 0.3 is 6.18 Å². The summed E-state index contributed by atoms with van der Waals surface area (Å²) < 4.78 is 44.4. The quantitative estimate of drug-likeness (QED) is 0.308. The van der Waals surface area contributed by atoms with Crippen molar-refractivity contribution >= 4 is 52.5 Å². The van der Waals surface area contributed by atoms with Crippen molar-refractivity contribution in [3.8, 4) is 17.4 Å². The summed E-state index contributed by atoms with van der Waals surface area (Å²) in [6.45, 7) is 0. The number of amides is 1. The number of nitriles is 1. The van der Waals surface area contributed by atoms with Gasteiger partial charge in [0.25, 0.3) is 5.91 Å². The molecule has 0 aliphatic rings. The highest BCUT2D eigenvalue weighted by atomic mass is 35.5. The summed E-state index contributed by atoms with van der Waals surface area (Å²) in [4.78, 5) is 12.4. The number of alkyl halides is 3. The van der Waals surface area contributed by atoms with Crippen molar-refractivity contribution in [1.82, 2.24) is 0 Å². The van der Waals surface area contributed by atoms with Gasteiger partial charge in [-0.25, -0.2) is 0 Å². The third kappa shape index (κ3) is 5.61. The molecule has 1 aromatic heterocycles. The summed E-state index contributed by atoms with van der Waals surface area (Å²) >= 11 is 17.8. The van der Waals surface area contributed by atoms with Crippen LogP contribution < -0.4 is 5.32 Å². The number of nitrogens with one attached hydrogen (secondary N) is 1. The number of carbonyl (C=O) groups is 1. The first kappa shape index (κ1) is 22.8. The van der Waals surface area contributed by atoms with Crippen molar-refractivity contribution < 1.29 is 22.4 Å². The molecule has 3 rings (SSSR count). The first-order chi connectivity index (χ1) is 14.6. The highest BCUT2D eigenvalue weighted by Crippen LogP contribution is 2.36. The minimum atomic E-state index is -4.55. The second-order valence-corrected chi connectivity index (χ2v) is 7.46. The van der Waals surface area contributed by atoms with Crippen LogP contribution in [0.25, 0.3) is 17.4 Å². The molecule has 0 spiro atoms. The molecule has 0 aliphatic carbocycles. The van der Waals surface area contributed by atoms with Crippen LogP contribution in [0.3, 0.4) is 0 Å². The van der Waals surface area contributed by atoms with E-state index in [1.807, 2.05) is 0 Å². The standard InChI is InChI=1S/C21H10Cl3F3N2O2/c22-13-7-14(23)9-15(8-13)29-20(30)11(10-28)5-16-2-4-19(31-16)17-6-12(21(25,26)27)1-3-18(17)24/h1-9H,(H,29,30). The molecular formula is C21H10Cl3F3N2O2. The summed E-state index contributed by atoms with van der Waals surface area (Å²) in [5.41, 5.74) is -0.906. The van der Waals surface area contributed by atoms with Crippen LogP contribution in [0.1, 0.15) is 11.3 Å². The van der Waals surface area contributed by atoms with Crippen LogP contribution in [0, 0.1) is 11.3 Å². The fourth-order valence-electron chi connectivity index (χ4n) is 2.58. The molecule has 0 atom stereocenters. The predicted molar refractivity (Wildman–Crippen MR) is 113 cm³/mol. The zero-order valence-electron chi connectivity index (χ0n) is 15.2. The lowest BCUT2D eigenvalue weighted by Gasteiger charge is -2.09. The Morgan fingerprint density at radius 3 is 2.32 bits per heavy atom. The molecule has 0 saturated heterocycles. The van der Waals surface area contributed by atoms with Crippen molar-refractivity contribution in [2.24, 2.45) is 0 Å². The average Bonchev–Trinajstić information content (AvgIpc) is 3.13. The van der Waals surface area contributed by atoms with Crippen LogP contribution in [0.4, 0.5) is 18.9 Å². The molecule has 10 heteroatoms. The van der Waals surface area contributed by atoms with Gasteiger partial charge in [-0.15, -0.1) is 0 Å². The highest BCUT2D eigenvalue weighted by Gasteiger charge is 2.31. The highest BCUT2D eigenvalue weighted by molar-refractivity contribution is 6.35. The van der Waals surface area contributed by atoms with Crippen LogP contribution >= 0.6 is 34.8 Å². The van der Waals surface area contributed by atoms with Gasteiger partial charge in [-0.05, 0) is 48.5 Å². The van der Waals surface area contributed by atoms with Gasteiger partial charge in [-0.2, -0.15) is 18.4 Å². The SMILES string of the molecule is N#CC(=Cc1ccc(-c2cc(C(F)(F)F)ccc2Cl)o1)C(=O)Nc1cc(Cl)cc(Cl)c1. The maximum absolute atomic E-state index is 13.0. The van der Waals surface area contributed by atoms with Gasteiger partial charge in [0.05, 0.1) is 10.6 Å². The zero-order valence-corrected chi connectivity index (χ0v) is 17.5. The van der Waals surface area contributed by atoms with Gasteiger partial charge in [0.15, 0.2) is 0 Å². The summed E-state index contributed by atoms with van der Waals surface area (Å²) in [6, 6.07) is 11.7. The van der Waals surface area contributed by atoms with E-state index in [0.717, 1.165) is 24.3 Å². The molecular weight excluding hydrogens is 476 g/mol. The molecule has 0 unspecified atom stereocenters.